The van der Waals surface area contributed by atoms with Crippen molar-refractivity contribution >= 4 is 5.69 Å². The Bertz CT molecular complexity index is 1450. The van der Waals surface area contributed by atoms with Gasteiger partial charge in [-0.1, -0.05) is 58.0 Å². The maximum Gasteiger partial charge on any atom is 0.187 e. The van der Waals surface area contributed by atoms with Crippen molar-refractivity contribution in [3.05, 3.63) is 112 Å². The molecule has 0 amide bonds. The molecule has 196 valence electrons. The second-order valence-electron chi connectivity index (χ2n) is 11.7. The summed E-state index contributed by atoms with van der Waals surface area (Å²) < 4.78 is 0. The van der Waals surface area contributed by atoms with Crippen LogP contribution in [0.4, 0.5) is 5.69 Å². The molecule has 4 nitrogen and oxygen atoms in total. The Kier molecular flexibility index (Phi) is 8.27. The van der Waals surface area contributed by atoms with E-state index in [0.717, 1.165) is 46.7 Å². The lowest BCUT2D eigenvalue weighted by Gasteiger charge is -2.27. The number of hydrogen-bond acceptors (Lipinski definition) is 3. The fourth-order valence-corrected chi connectivity index (χ4v) is 4.90. The fraction of sp³-hybridized carbons (Fsp3) is 0.314. The normalized spacial score (nSPS) is 11.4. The first-order valence-corrected chi connectivity index (χ1v) is 13.6. The molecule has 0 radical (unpaired) electrons. The van der Waals surface area contributed by atoms with Gasteiger partial charge in [0.2, 0.25) is 0 Å². The molecule has 0 spiro atoms. The van der Waals surface area contributed by atoms with Crippen LogP contribution in [-0.2, 0) is 18.3 Å². The molecule has 0 aliphatic carbocycles. The van der Waals surface area contributed by atoms with Gasteiger partial charge in [-0.2, -0.15) is 5.26 Å². The van der Waals surface area contributed by atoms with E-state index in [1.165, 1.54) is 11.1 Å². The van der Waals surface area contributed by atoms with Gasteiger partial charge >= 0.3 is 0 Å². The van der Waals surface area contributed by atoms with Gasteiger partial charge in [-0.3, -0.25) is 9.97 Å². The van der Waals surface area contributed by atoms with Gasteiger partial charge in [0.05, 0.1) is 41.0 Å². The topological polar surface area (TPSA) is 53.9 Å². The highest BCUT2D eigenvalue weighted by atomic mass is 14.8. The van der Waals surface area contributed by atoms with Crippen molar-refractivity contribution in [3.63, 3.8) is 0 Å². The summed E-state index contributed by atoms with van der Waals surface area (Å²) >= 11 is 0. The molecular weight excluding hydrogens is 476 g/mol. The Morgan fingerprint density at radius 1 is 0.769 bits per heavy atom. The minimum atomic E-state index is -0.478. The summed E-state index contributed by atoms with van der Waals surface area (Å²) in [7, 11) is 0. The van der Waals surface area contributed by atoms with Crippen LogP contribution in [0.1, 0.15) is 69.6 Å². The standard InChI is InChI=1S/C35H36N4/c1-23(2)14-26-17-31(28-11-8-10-25(16-28)22-36)38-33(19-26)35(5,6)34-20-27(15-24(3)4)18-32(39-34)29-12-9-13-30(21-29)37-7/h8-13,16-21,23-24H,14-15H2,1-6H3. The molecule has 0 saturated carbocycles. The predicted octanol–water partition coefficient (Wildman–Crippen LogP) is 8.96. The Hall–Kier alpha value is -4.28. The maximum absolute atomic E-state index is 9.46. The van der Waals surface area contributed by atoms with E-state index in [1.807, 2.05) is 48.5 Å². The quantitative estimate of drug-likeness (QED) is 0.221. The summed E-state index contributed by atoms with van der Waals surface area (Å²) in [4.78, 5) is 14.0. The van der Waals surface area contributed by atoms with Gasteiger partial charge in [-0.15, -0.1) is 0 Å². The average Bonchev–Trinajstić information content (AvgIpc) is 2.92. The molecule has 39 heavy (non-hydrogen) atoms. The molecule has 4 heteroatoms. The van der Waals surface area contributed by atoms with Crippen molar-refractivity contribution in [1.82, 2.24) is 9.97 Å². The molecule has 0 bridgehead atoms. The maximum atomic E-state index is 9.46. The first-order valence-electron chi connectivity index (χ1n) is 13.6. The Balaban J connectivity index is 1.89. The number of benzene rings is 2. The lowest BCUT2D eigenvalue weighted by molar-refractivity contribution is 0.586. The Labute approximate surface area is 233 Å². The zero-order chi connectivity index (χ0) is 28.2. The largest absolute Gasteiger partial charge is 0.252 e. The summed E-state index contributed by atoms with van der Waals surface area (Å²) in [5.74, 6) is 0.993. The molecule has 0 N–H and O–H groups in total. The van der Waals surface area contributed by atoms with Gasteiger partial charge in [0, 0.05) is 11.0 Å². The van der Waals surface area contributed by atoms with E-state index in [1.54, 1.807) is 0 Å². The number of rotatable bonds is 8. The van der Waals surface area contributed by atoms with Gasteiger partial charge in [-0.05, 0) is 97.7 Å². The number of nitriles is 1. The van der Waals surface area contributed by atoms with Crippen molar-refractivity contribution in [2.75, 3.05) is 0 Å². The highest BCUT2D eigenvalue weighted by Gasteiger charge is 2.29. The monoisotopic (exact) mass is 512 g/mol. The van der Waals surface area contributed by atoms with Crippen molar-refractivity contribution in [2.24, 2.45) is 11.8 Å². The van der Waals surface area contributed by atoms with Crippen LogP contribution in [-0.4, -0.2) is 9.97 Å². The zero-order valence-electron chi connectivity index (χ0n) is 23.8. The van der Waals surface area contributed by atoms with Gasteiger partial charge < -0.3 is 0 Å². The van der Waals surface area contributed by atoms with Crippen LogP contribution in [0.25, 0.3) is 27.4 Å². The first-order chi connectivity index (χ1) is 18.6. The molecule has 0 unspecified atom stereocenters. The molecular formula is C35H36N4. The third-order valence-electron chi connectivity index (χ3n) is 6.90. The minimum Gasteiger partial charge on any atom is -0.252 e. The van der Waals surface area contributed by atoms with Gasteiger partial charge in [0.1, 0.15) is 0 Å². The van der Waals surface area contributed by atoms with E-state index in [0.29, 0.717) is 23.1 Å². The van der Waals surface area contributed by atoms with Crippen LogP contribution in [0, 0.1) is 29.7 Å². The number of hydrogen-bond donors (Lipinski definition) is 0. The lowest BCUT2D eigenvalue weighted by Crippen LogP contribution is -2.23. The van der Waals surface area contributed by atoms with Crippen LogP contribution in [0.5, 0.6) is 0 Å². The molecule has 0 fully saturated rings. The summed E-state index contributed by atoms with van der Waals surface area (Å²) in [6.07, 6.45) is 1.88. The average molecular weight is 513 g/mol. The SMILES string of the molecule is [C-]#[N+]c1cccc(-c2cc(CC(C)C)cc(C(C)(C)c3cc(CC(C)C)cc(-c4cccc(C#N)c4)n3)n2)c1. The second kappa shape index (κ2) is 11.6. The van der Waals surface area contributed by atoms with E-state index in [-0.39, 0.29) is 0 Å². The summed E-state index contributed by atoms with van der Waals surface area (Å²) in [6.45, 7) is 20.7. The van der Waals surface area contributed by atoms with Crippen LogP contribution in [0.3, 0.4) is 0 Å². The number of pyridine rings is 2. The predicted molar refractivity (Wildman–Crippen MR) is 160 cm³/mol. The molecule has 0 atom stereocenters. The third-order valence-corrected chi connectivity index (χ3v) is 6.90. The highest BCUT2D eigenvalue weighted by molar-refractivity contribution is 5.67. The van der Waals surface area contributed by atoms with Crippen LogP contribution in [0.15, 0.2) is 72.8 Å². The molecule has 0 aliphatic heterocycles. The molecule has 4 aromatic rings. The summed E-state index contributed by atoms with van der Waals surface area (Å²) in [6, 6.07) is 26.3. The van der Waals surface area contributed by atoms with E-state index < -0.39 is 5.41 Å². The van der Waals surface area contributed by atoms with Crippen LogP contribution < -0.4 is 0 Å². The van der Waals surface area contributed by atoms with Gasteiger partial charge in [-0.25, -0.2) is 4.85 Å². The Morgan fingerprint density at radius 3 is 1.77 bits per heavy atom. The summed E-state index contributed by atoms with van der Waals surface area (Å²) in [5.41, 5.74) is 8.75. The molecule has 2 aromatic heterocycles. The summed E-state index contributed by atoms with van der Waals surface area (Å²) in [5, 5.41) is 9.46. The van der Waals surface area contributed by atoms with Crippen molar-refractivity contribution in [3.8, 4) is 28.6 Å². The fourth-order valence-electron chi connectivity index (χ4n) is 4.90. The van der Waals surface area contributed by atoms with Crippen molar-refractivity contribution in [1.29, 1.82) is 5.26 Å². The third kappa shape index (κ3) is 6.60. The molecule has 0 saturated heterocycles. The molecule has 2 aromatic carbocycles. The van der Waals surface area contributed by atoms with Crippen molar-refractivity contribution < 1.29 is 0 Å². The van der Waals surface area contributed by atoms with Gasteiger partial charge in [0.25, 0.3) is 0 Å². The van der Waals surface area contributed by atoms with Crippen LogP contribution in [0.2, 0.25) is 0 Å². The molecule has 0 aliphatic rings. The smallest absolute Gasteiger partial charge is 0.187 e. The van der Waals surface area contributed by atoms with Crippen molar-refractivity contribution in [2.45, 2.75) is 59.8 Å². The van der Waals surface area contributed by atoms with E-state index in [2.05, 4.69) is 76.7 Å². The Morgan fingerprint density at radius 2 is 1.28 bits per heavy atom. The first kappa shape index (κ1) is 27.7. The van der Waals surface area contributed by atoms with Crippen LogP contribution >= 0.6 is 0 Å². The van der Waals surface area contributed by atoms with Gasteiger partial charge in [0.15, 0.2) is 5.69 Å². The van der Waals surface area contributed by atoms with E-state index in [4.69, 9.17) is 16.5 Å². The molecule has 2 heterocycles. The highest BCUT2D eigenvalue weighted by Crippen LogP contribution is 2.35. The zero-order valence-corrected chi connectivity index (χ0v) is 23.8. The number of aromatic nitrogens is 2. The number of nitrogens with zero attached hydrogens (tertiary/aromatic N) is 4. The molecule has 4 rings (SSSR count). The lowest BCUT2D eigenvalue weighted by atomic mass is 9.82. The van der Waals surface area contributed by atoms with E-state index >= 15 is 0 Å². The van der Waals surface area contributed by atoms with E-state index in [9.17, 15) is 5.26 Å². The minimum absolute atomic E-state index is 0.478. The second-order valence-corrected chi connectivity index (χ2v) is 11.7.